The van der Waals surface area contributed by atoms with E-state index in [-0.39, 0.29) is 18.6 Å². The zero-order valence-corrected chi connectivity index (χ0v) is 18.9. The van der Waals surface area contributed by atoms with Crippen LogP contribution in [0.5, 0.6) is 0 Å². The fourth-order valence-corrected chi connectivity index (χ4v) is 4.40. The zero-order valence-electron chi connectivity index (χ0n) is 18.0. The number of rotatable bonds is 20. The highest BCUT2D eigenvalue weighted by Crippen LogP contribution is 2.49. The second kappa shape index (κ2) is 19.0. The summed E-state index contributed by atoms with van der Waals surface area (Å²) >= 11 is 0. The Morgan fingerprint density at radius 1 is 0.704 bits per heavy atom. The van der Waals surface area contributed by atoms with E-state index in [0.29, 0.717) is 19.8 Å². The van der Waals surface area contributed by atoms with Gasteiger partial charge in [0.25, 0.3) is 0 Å². The summed E-state index contributed by atoms with van der Waals surface area (Å²) in [6.45, 7) is 7.36. The van der Waals surface area contributed by atoms with Crippen molar-refractivity contribution in [2.45, 2.75) is 104 Å². The van der Waals surface area contributed by atoms with Crippen LogP contribution in [0.25, 0.3) is 0 Å². The minimum atomic E-state index is -3.22. The molecule has 0 saturated heterocycles. The topological polar surface area (TPSA) is 61.8 Å². The molecule has 0 aliphatic heterocycles. The highest BCUT2D eigenvalue weighted by Gasteiger charge is 2.26. The Morgan fingerprint density at radius 3 is 1.59 bits per heavy atom. The van der Waals surface area contributed by atoms with E-state index in [2.05, 4.69) is 13.8 Å². The molecule has 0 aromatic heterocycles. The monoisotopic (exact) mass is 406 g/mol. The summed E-state index contributed by atoms with van der Waals surface area (Å²) in [7, 11) is -3.22. The van der Waals surface area contributed by atoms with Gasteiger partial charge in [-0.3, -0.25) is 9.36 Å². The fourth-order valence-electron chi connectivity index (χ4n) is 2.80. The summed E-state index contributed by atoms with van der Waals surface area (Å²) in [6, 6.07) is 0. The molecule has 0 aliphatic carbocycles. The van der Waals surface area contributed by atoms with Gasteiger partial charge in [0.05, 0.1) is 32.4 Å². The number of unbranched alkanes of at least 4 members (excludes halogenated alkanes) is 10. The maximum absolute atomic E-state index is 12.9. The molecule has 162 valence electrons. The smallest absolute Gasteiger partial charge is 0.331 e. The summed E-state index contributed by atoms with van der Waals surface area (Å²) in [4.78, 5) is 11.6. The molecule has 0 spiro atoms. The third kappa shape index (κ3) is 17.5. The van der Waals surface area contributed by atoms with Gasteiger partial charge in [0.1, 0.15) is 0 Å². The van der Waals surface area contributed by atoms with Crippen LogP contribution in [0, 0.1) is 0 Å². The molecule has 0 heterocycles. The maximum Gasteiger partial charge on any atom is 0.331 e. The molecular weight excluding hydrogens is 363 g/mol. The van der Waals surface area contributed by atoms with Gasteiger partial charge in [-0.1, -0.05) is 78.1 Å². The van der Waals surface area contributed by atoms with E-state index in [1.54, 1.807) is 6.92 Å². The predicted molar refractivity (Wildman–Crippen MR) is 112 cm³/mol. The van der Waals surface area contributed by atoms with E-state index in [9.17, 15) is 9.36 Å². The summed E-state index contributed by atoms with van der Waals surface area (Å²) < 4.78 is 29.1. The van der Waals surface area contributed by atoms with E-state index in [0.717, 1.165) is 25.7 Å². The van der Waals surface area contributed by atoms with Crippen molar-refractivity contribution in [2.75, 3.05) is 26.0 Å². The van der Waals surface area contributed by atoms with Crippen LogP contribution in [0.15, 0.2) is 0 Å². The molecule has 27 heavy (non-hydrogen) atoms. The largest absolute Gasteiger partial charge is 0.466 e. The molecule has 0 radical (unpaired) electrons. The lowest BCUT2D eigenvalue weighted by Gasteiger charge is -2.18. The molecule has 0 N–H and O–H groups in total. The molecule has 0 atom stereocenters. The Labute approximate surface area is 167 Å². The van der Waals surface area contributed by atoms with Crippen molar-refractivity contribution in [1.29, 1.82) is 0 Å². The molecule has 6 heteroatoms. The molecule has 0 unspecified atom stereocenters. The first-order chi connectivity index (χ1) is 13.1. The van der Waals surface area contributed by atoms with Crippen LogP contribution in [0.2, 0.25) is 0 Å². The number of esters is 1. The van der Waals surface area contributed by atoms with Gasteiger partial charge in [0, 0.05) is 0 Å². The molecule has 0 bridgehead atoms. The minimum Gasteiger partial charge on any atom is -0.466 e. The van der Waals surface area contributed by atoms with Gasteiger partial charge >= 0.3 is 13.6 Å². The van der Waals surface area contributed by atoms with Gasteiger partial charge in [0.15, 0.2) is 0 Å². The summed E-state index contributed by atoms with van der Waals surface area (Å²) in [6.07, 6.45) is 13.9. The highest BCUT2D eigenvalue weighted by molar-refractivity contribution is 7.53. The van der Waals surface area contributed by atoms with E-state index < -0.39 is 7.60 Å². The van der Waals surface area contributed by atoms with Crippen LogP contribution in [-0.4, -0.2) is 32.0 Å². The molecular formula is C21H43O5P. The van der Waals surface area contributed by atoms with Crippen LogP contribution in [-0.2, 0) is 23.1 Å². The standard InChI is InChI=1S/C21H43O5P/c1-4-7-9-11-13-15-18-25-27(23,20-17-21(22)24-6-3)26-19-16-14-12-10-8-5-2/h4-20H2,1-3H3. The Kier molecular flexibility index (Phi) is 18.7. The molecule has 0 rings (SSSR count). The molecule has 5 nitrogen and oxygen atoms in total. The molecule has 0 amide bonds. The number of hydrogen-bond donors (Lipinski definition) is 0. The summed E-state index contributed by atoms with van der Waals surface area (Å²) in [5.74, 6) is -0.343. The first-order valence-electron chi connectivity index (χ1n) is 11.1. The van der Waals surface area contributed by atoms with Crippen molar-refractivity contribution in [2.24, 2.45) is 0 Å². The van der Waals surface area contributed by atoms with Crippen molar-refractivity contribution in [3.05, 3.63) is 0 Å². The van der Waals surface area contributed by atoms with E-state index in [1.165, 1.54) is 51.4 Å². The van der Waals surface area contributed by atoms with E-state index in [4.69, 9.17) is 13.8 Å². The van der Waals surface area contributed by atoms with Crippen LogP contribution < -0.4 is 0 Å². The Hall–Kier alpha value is -0.380. The quantitative estimate of drug-likeness (QED) is 0.125. The number of carbonyl (C=O) groups excluding carboxylic acids is 1. The van der Waals surface area contributed by atoms with Crippen molar-refractivity contribution < 1.29 is 23.1 Å². The van der Waals surface area contributed by atoms with E-state index in [1.807, 2.05) is 0 Å². The number of ether oxygens (including phenoxy) is 1. The first-order valence-corrected chi connectivity index (χ1v) is 12.8. The van der Waals surface area contributed by atoms with E-state index >= 15 is 0 Å². The molecule has 0 saturated carbocycles. The van der Waals surface area contributed by atoms with Gasteiger partial charge in [-0.25, -0.2) is 0 Å². The van der Waals surface area contributed by atoms with Gasteiger partial charge in [0.2, 0.25) is 0 Å². The van der Waals surface area contributed by atoms with Crippen molar-refractivity contribution in [3.8, 4) is 0 Å². The average molecular weight is 407 g/mol. The van der Waals surface area contributed by atoms with Crippen LogP contribution in [0.3, 0.4) is 0 Å². The third-order valence-corrected chi connectivity index (χ3v) is 6.39. The third-order valence-electron chi connectivity index (χ3n) is 4.47. The molecule has 0 aromatic rings. The summed E-state index contributed by atoms with van der Waals surface area (Å²) in [5, 5.41) is 0. The lowest BCUT2D eigenvalue weighted by molar-refractivity contribution is -0.142. The lowest BCUT2D eigenvalue weighted by Crippen LogP contribution is -2.10. The Bertz CT molecular complexity index is 365. The summed E-state index contributed by atoms with van der Waals surface area (Å²) in [5.41, 5.74) is 0. The SMILES string of the molecule is CCCCCCCCOP(=O)(CCC(=O)OCC)OCCCCCCCC. The normalized spacial score (nSPS) is 11.7. The maximum atomic E-state index is 12.9. The number of carbonyl (C=O) groups is 1. The second-order valence-corrected chi connectivity index (χ2v) is 9.28. The lowest BCUT2D eigenvalue weighted by atomic mass is 10.1. The van der Waals surface area contributed by atoms with Gasteiger partial charge in [-0.05, 0) is 19.8 Å². The van der Waals surface area contributed by atoms with Gasteiger partial charge < -0.3 is 13.8 Å². The first kappa shape index (κ1) is 26.6. The van der Waals surface area contributed by atoms with Crippen molar-refractivity contribution in [1.82, 2.24) is 0 Å². The zero-order chi connectivity index (χ0) is 20.2. The Balaban J connectivity index is 4.15. The molecule has 0 aromatic carbocycles. The van der Waals surface area contributed by atoms with Gasteiger partial charge in [-0.2, -0.15) is 0 Å². The fraction of sp³-hybridized carbons (Fsp3) is 0.952. The van der Waals surface area contributed by atoms with Crippen molar-refractivity contribution in [3.63, 3.8) is 0 Å². The van der Waals surface area contributed by atoms with Crippen LogP contribution >= 0.6 is 7.60 Å². The number of hydrogen-bond acceptors (Lipinski definition) is 5. The second-order valence-electron chi connectivity index (χ2n) is 7.09. The highest BCUT2D eigenvalue weighted by atomic mass is 31.2. The van der Waals surface area contributed by atoms with Crippen LogP contribution in [0.4, 0.5) is 0 Å². The predicted octanol–water partition coefficient (Wildman–Crippen LogP) is 6.89. The molecule has 0 fully saturated rings. The Morgan fingerprint density at radius 2 is 1.15 bits per heavy atom. The van der Waals surface area contributed by atoms with Crippen molar-refractivity contribution >= 4 is 13.6 Å². The average Bonchev–Trinajstić information content (AvgIpc) is 2.65. The molecule has 0 aliphatic rings. The minimum absolute atomic E-state index is 0.0815. The van der Waals surface area contributed by atoms with Crippen LogP contribution in [0.1, 0.15) is 104 Å². The van der Waals surface area contributed by atoms with Gasteiger partial charge in [-0.15, -0.1) is 0 Å².